The average Bonchev–Trinajstić information content (AvgIpc) is 3.09. The fourth-order valence-electron chi connectivity index (χ4n) is 1.48. The van der Waals surface area contributed by atoms with Gasteiger partial charge in [-0.2, -0.15) is 0 Å². The standard InChI is InChI=1S/C13H19NO2/c1-10(14)12-4-6-13(7-5-12)16-9-15-8-11-2-3-11/h4-7,10-11H,2-3,8-9,14H2,1H3/t10-/m1/s1. The van der Waals surface area contributed by atoms with Gasteiger partial charge in [0.1, 0.15) is 5.75 Å². The van der Waals surface area contributed by atoms with Crippen LogP contribution in [0.25, 0.3) is 0 Å². The van der Waals surface area contributed by atoms with Gasteiger partial charge in [0.05, 0.1) is 6.61 Å². The zero-order valence-corrected chi connectivity index (χ0v) is 9.69. The molecule has 2 rings (SSSR count). The fourth-order valence-corrected chi connectivity index (χ4v) is 1.48. The van der Waals surface area contributed by atoms with Crippen molar-refractivity contribution in [1.29, 1.82) is 0 Å². The van der Waals surface area contributed by atoms with Crippen molar-refractivity contribution in [3.63, 3.8) is 0 Å². The Morgan fingerprint density at radius 3 is 2.56 bits per heavy atom. The second-order valence-electron chi connectivity index (χ2n) is 4.43. The van der Waals surface area contributed by atoms with Gasteiger partial charge in [-0.05, 0) is 43.4 Å². The lowest BCUT2D eigenvalue weighted by atomic mass is 10.1. The molecular formula is C13H19NO2. The van der Waals surface area contributed by atoms with Crippen LogP contribution in [-0.2, 0) is 4.74 Å². The molecular weight excluding hydrogens is 202 g/mol. The van der Waals surface area contributed by atoms with E-state index in [1.807, 2.05) is 31.2 Å². The van der Waals surface area contributed by atoms with Crippen molar-refractivity contribution in [1.82, 2.24) is 0 Å². The minimum atomic E-state index is 0.0696. The highest BCUT2D eigenvalue weighted by atomic mass is 16.7. The number of ether oxygens (including phenoxy) is 2. The zero-order chi connectivity index (χ0) is 11.4. The molecule has 16 heavy (non-hydrogen) atoms. The van der Waals surface area contributed by atoms with Gasteiger partial charge >= 0.3 is 0 Å². The smallest absolute Gasteiger partial charge is 0.189 e. The molecule has 0 amide bonds. The highest BCUT2D eigenvalue weighted by Crippen LogP contribution is 2.28. The third-order valence-corrected chi connectivity index (χ3v) is 2.77. The molecule has 0 aliphatic heterocycles. The number of hydrogen-bond donors (Lipinski definition) is 1. The van der Waals surface area contributed by atoms with E-state index in [-0.39, 0.29) is 6.04 Å². The van der Waals surface area contributed by atoms with Crippen molar-refractivity contribution in [2.45, 2.75) is 25.8 Å². The highest BCUT2D eigenvalue weighted by Gasteiger charge is 2.20. The molecule has 0 spiro atoms. The van der Waals surface area contributed by atoms with Crippen LogP contribution in [0.1, 0.15) is 31.4 Å². The van der Waals surface area contributed by atoms with Crippen LogP contribution in [0.15, 0.2) is 24.3 Å². The predicted molar refractivity (Wildman–Crippen MR) is 63.2 cm³/mol. The highest BCUT2D eigenvalue weighted by molar-refractivity contribution is 5.28. The van der Waals surface area contributed by atoms with Crippen molar-refractivity contribution >= 4 is 0 Å². The predicted octanol–water partition coefficient (Wildman–Crippen LogP) is 2.47. The third-order valence-electron chi connectivity index (χ3n) is 2.77. The molecule has 0 aromatic heterocycles. The van der Waals surface area contributed by atoms with Crippen LogP contribution in [0.2, 0.25) is 0 Å². The van der Waals surface area contributed by atoms with Crippen LogP contribution in [0.3, 0.4) is 0 Å². The molecule has 1 aliphatic carbocycles. The van der Waals surface area contributed by atoms with E-state index in [1.54, 1.807) is 0 Å². The van der Waals surface area contributed by atoms with E-state index in [1.165, 1.54) is 12.8 Å². The molecule has 1 atom stereocenters. The number of rotatable bonds is 6. The van der Waals surface area contributed by atoms with Gasteiger partial charge in [-0.3, -0.25) is 0 Å². The number of nitrogens with two attached hydrogens (primary N) is 1. The summed E-state index contributed by atoms with van der Waals surface area (Å²) in [6.45, 7) is 3.14. The topological polar surface area (TPSA) is 44.5 Å². The Morgan fingerprint density at radius 2 is 2.00 bits per heavy atom. The minimum Gasteiger partial charge on any atom is -0.468 e. The van der Waals surface area contributed by atoms with E-state index in [0.717, 1.165) is 23.8 Å². The SMILES string of the molecule is C[C@@H](N)c1ccc(OCOCC2CC2)cc1. The lowest BCUT2D eigenvalue weighted by molar-refractivity contribution is 0.00997. The Kier molecular flexibility index (Phi) is 3.80. The first kappa shape index (κ1) is 11.4. The second kappa shape index (κ2) is 5.32. The Balaban J connectivity index is 1.71. The van der Waals surface area contributed by atoms with Gasteiger partial charge in [0, 0.05) is 6.04 Å². The van der Waals surface area contributed by atoms with E-state index < -0.39 is 0 Å². The third kappa shape index (κ3) is 3.51. The molecule has 0 saturated heterocycles. The largest absolute Gasteiger partial charge is 0.468 e. The monoisotopic (exact) mass is 221 g/mol. The molecule has 1 aliphatic rings. The van der Waals surface area contributed by atoms with E-state index in [9.17, 15) is 0 Å². The molecule has 1 aromatic carbocycles. The summed E-state index contributed by atoms with van der Waals surface area (Å²) in [5.41, 5.74) is 6.88. The summed E-state index contributed by atoms with van der Waals surface area (Å²) in [4.78, 5) is 0. The van der Waals surface area contributed by atoms with Gasteiger partial charge < -0.3 is 15.2 Å². The second-order valence-corrected chi connectivity index (χ2v) is 4.43. The van der Waals surface area contributed by atoms with Crippen LogP contribution in [0.4, 0.5) is 0 Å². The molecule has 0 unspecified atom stereocenters. The quantitative estimate of drug-likeness (QED) is 0.593. The molecule has 1 fully saturated rings. The van der Waals surface area contributed by atoms with Gasteiger partial charge in [0.25, 0.3) is 0 Å². The van der Waals surface area contributed by atoms with Crippen LogP contribution in [-0.4, -0.2) is 13.4 Å². The molecule has 3 heteroatoms. The maximum absolute atomic E-state index is 5.76. The van der Waals surface area contributed by atoms with Crippen LogP contribution in [0.5, 0.6) is 5.75 Å². The van der Waals surface area contributed by atoms with Gasteiger partial charge in [-0.15, -0.1) is 0 Å². The molecule has 0 bridgehead atoms. The van der Waals surface area contributed by atoms with Gasteiger partial charge in [-0.1, -0.05) is 12.1 Å². The number of hydrogen-bond acceptors (Lipinski definition) is 3. The van der Waals surface area contributed by atoms with E-state index in [0.29, 0.717) is 6.79 Å². The van der Waals surface area contributed by atoms with Crippen molar-refractivity contribution in [2.75, 3.05) is 13.4 Å². The minimum absolute atomic E-state index is 0.0696. The normalized spacial score (nSPS) is 17.1. The molecule has 2 N–H and O–H groups in total. The van der Waals surface area contributed by atoms with E-state index in [2.05, 4.69) is 0 Å². The first-order valence-corrected chi connectivity index (χ1v) is 5.82. The average molecular weight is 221 g/mol. The first-order valence-electron chi connectivity index (χ1n) is 5.82. The fraction of sp³-hybridized carbons (Fsp3) is 0.538. The summed E-state index contributed by atoms with van der Waals surface area (Å²) < 4.78 is 10.8. The molecule has 88 valence electrons. The summed E-state index contributed by atoms with van der Waals surface area (Å²) in [6.07, 6.45) is 2.62. The van der Waals surface area contributed by atoms with Crippen molar-refractivity contribution in [2.24, 2.45) is 11.7 Å². The van der Waals surface area contributed by atoms with Gasteiger partial charge in [0.15, 0.2) is 6.79 Å². The lowest BCUT2D eigenvalue weighted by Gasteiger charge is -2.09. The summed E-state index contributed by atoms with van der Waals surface area (Å²) in [5, 5.41) is 0. The van der Waals surface area contributed by atoms with Gasteiger partial charge in [-0.25, -0.2) is 0 Å². The molecule has 0 heterocycles. The Morgan fingerprint density at radius 1 is 1.31 bits per heavy atom. The van der Waals surface area contributed by atoms with E-state index >= 15 is 0 Å². The van der Waals surface area contributed by atoms with Gasteiger partial charge in [0.2, 0.25) is 0 Å². The number of benzene rings is 1. The summed E-state index contributed by atoms with van der Waals surface area (Å²) >= 11 is 0. The maximum atomic E-state index is 5.76. The van der Waals surface area contributed by atoms with Crippen LogP contribution >= 0.6 is 0 Å². The van der Waals surface area contributed by atoms with E-state index in [4.69, 9.17) is 15.2 Å². The van der Waals surface area contributed by atoms with Crippen molar-refractivity contribution in [3.05, 3.63) is 29.8 Å². The Hall–Kier alpha value is -1.06. The molecule has 1 saturated carbocycles. The molecule has 1 aromatic rings. The molecule has 3 nitrogen and oxygen atoms in total. The molecule has 0 radical (unpaired) electrons. The van der Waals surface area contributed by atoms with Crippen molar-refractivity contribution in [3.8, 4) is 5.75 Å². The zero-order valence-electron chi connectivity index (χ0n) is 9.69. The lowest BCUT2D eigenvalue weighted by Crippen LogP contribution is -2.06. The summed E-state index contributed by atoms with van der Waals surface area (Å²) in [6, 6.07) is 7.90. The van der Waals surface area contributed by atoms with Crippen LogP contribution in [0, 0.1) is 5.92 Å². The maximum Gasteiger partial charge on any atom is 0.189 e. The Bertz CT molecular complexity index is 317. The summed E-state index contributed by atoms with van der Waals surface area (Å²) in [5.74, 6) is 1.62. The summed E-state index contributed by atoms with van der Waals surface area (Å²) in [7, 11) is 0. The Labute approximate surface area is 96.5 Å². The van der Waals surface area contributed by atoms with Crippen molar-refractivity contribution < 1.29 is 9.47 Å². The first-order chi connectivity index (χ1) is 7.75. The van der Waals surface area contributed by atoms with Crippen LogP contribution < -0.4 is 10.5 Å².